The highest BCUT2D eigenvalue weighted by Gasteiger charge is 2.20. The average molecular weight is 299 g/mol. The zero-order chi connectivity index (χ0) is 14.7. The van der Waals surface area contributed by atoms with Crippen LogP contribution < -0.4 is 5.32 Å². The summed E-state index contributed by atoms with van der Waals surface area (Å²) >= 11 is 5.60. The third kappa shape index (κ3) is 3.29. The first-order chi connectivity index (χ1) is 9.45. The van der Waals surface area contributed by atoms with Crippen LogP contribution in [0.2, 0.25) is 5.02 Å². The minimum absolute atomic E-state index is 0.159. The molecule has 0 bridgehead atoms. The molecule has 0 aliphatic heterocycles. The number of anilines is 1. The zero-order valence-corrected chi connectivity index (χ0v) is 10.7. The van der Waals surface area contributed by atoms with Crippen LogP contribution in [0, 0.1) is 15.9 Å². The van der Waals surface area contributed by atoms with Crippen molar-refractivity contribution in [2.24, 2.45) is 0 Å². The minimum atomic E-state index is -0.747. The van der Waals surface area contributed by atoms with E-state index in [9.17, 15) is 19.3 Å². The smallest absolute Gasteiger partial charge is 0.358 e. The molecule has 0 aliphatic rings. The highest BCUT2D eigenvalue weighted by Crippen LogP contribution is 2.21. The van der Waals surface area contributed by atoms with Crippen molar-refractivity contribution >= 4 is 29.0 Å². The molecule has 1 heterocycles. The molecule has 0 fully saturated rings. The van der Waals surface area contributed by atoms with Crippen molar-refractivity contribution in [1.29, 1.82) is 0 Å². The number of carbonyl (C=O) groups is 1. The van der Waals surface area contributed by atoms with Gasteiger partial charge in [-0.15, -0.1) is 0 Å². The Morgan fingerprint density at radius 1 is 1.55 bits per heavy atom. The summed E-state index contributed by atoms with van der Waals surface area (Å²) < 4.78 is 14.0. The van der Waals surface area contributed by atoms with Gasteiger partial charge in [-0.25, -0.2) is 4.39 Å². The van der Waals surface area contributed by atoms with Crippen LogP contribution in [0.1, 0.15) is 0 Å². The summed E-state index contributed by atoms with van der Waals surface area (Å²) in [6.07, 6.45) is 1.17. The summed E-state index contributed by atoms with van der Waals surface area (Å²) in [7, 11) is 0. The van der Waals surface area contributed by atoms with Crippen LogP contribution in [0.5, 0.6) is 0 Å². The van der Waals surface area contributed by atoms with Gasteiger partial charge in [-0.1, -0.05) is 17.7 Å². The molecule has 0 saturated carbocycles. The molecule has 0 saturated heterocycles. The molecular formula is C11H8ClFN4O3. The molecule has 2 rings (SSSR count). The van der Waals surface area contributed by atoms with E-state index in [0.29, 0.717) is 0 Å². The molecule has 2 aromatic rings. The third-order valence-corrected chi connectivity index (χ3v) is 2.55. The molecule has 1 N–H and O–H groups in total. The molecule has 0 atom stereocenters. The van der Waals surface area contributed by atoms with Crippen molar-refractivity contribution < 1.29 is 14.1 Å². The number of benzene rings is 1. The summed E-state index contributed by atoms with van der Waals surface area (Å²) in [6.45, 7) is -0.274. The van der Waals surface area contributed by atoms with Crippen LogP contribution in [-0.2, 0) is 11.3 Å². The first-order valence-electron chi connectivity index (χ1n) is 5.38. The van der Waals surface area contributed by atoms with Crippen LogP contribution in [0.25, 0.3) is 0 Å². The van der Waals surface area contributed by atoms with E-state index in [2.05, 4.69) is 10.4 Å². The highest BCUT2D eigenvalue weighted by atomic mass is 35.5. The van der Waals surface area contributed by atoms with E-state index in [4.69, 9.17) is 11.6 Å². The topological polar surface area (TPSA) is 90.1 Å². The number of hydrogen-bond donors (Lipinski definition) is 1. The SMILES string of the molecule is O=C(Cn1cc(Cl)c([N+](=O)[O-])n1)Nc1cccc(F)c1. The largest absolute Gasteiger partial charge is 0.408 e. The Morgan fingerprint density at radius 3 is 2.90 bits per heavy atom. The Labute approximate surface area is 117 Å². The van der Waals surface area contributed by atoms with E-state index >= 15 is 0 Å². The van der Waals surface area contributed by atoms with Gasteiger partial charge < -0.3 is 15.4 Å². The predicted molar refractivity (Wildman–Crippen MR) is 68.9 cm³/mol. The number of carbonyl (C=O) groups excluding carboxylic acids is 1. The molecule has 20 heavy (non-hydrogen) atoms. The van der Waals surface area contributed by atoms with Crippen LogP contribution in [0.15, 0.2) is 30.5 Å². The molecule has 0 spiro atoms. The van der Waals surface area contributed by atoms with Gasteiger partial charge in [0.15, 0.2) is 5.02 Å². The van der Waals surface area contributed by atoms with E-state index in [-0.39, 0.29) is 17.3 Å². The monoisotopic (exact) mass is 298 g/mol. The maximum atomic E-state index is 12.9. The average Bonchev–Trinajstić information content (AvgIpc) is 2.70. The minimum Gasteiger partial charge on any atom is -0.358 e. The lowest BCUT2D eigenvalue weighted by Crippen LogP contribution is -2.19. The van der Waals surface area contributed by atoms with Crippen LogP contribution in [-0.4, -0.2) is 20.6 Å². The van der Waals surface area contributed by atoms with E-state index in [1.54, 1.807) is 0 Å². The molecule has 104 valence electrons. The number of nitrogens with zero attached hydrogens (tertiary/aromatic N) is 3. The van der Waals surface area contributed by atoms with Gasteiger partial charge in [-0.2, -0.15) is 4.68 Å². The summed E-state index contributed by atoms with van der Waals surface area (Å²) in [5.41, 5.74) is 0.280. The zero-order valence-electron chi connectivity index (χ0n) is 9.92. The van der Waals surface area contributed by atoms with Gasteiger partial charge in [-0.3, -0.25) is 4.79 Å². The maximum Gasteiger partial charge on any atom is 0.408 e. The number of amides is 1. The van der Waals surface area contributed by atoms with Gasteiger partial charge in [0.25, 0.3) is 0 Å². The number of nitro groups is 1. The van der Waals surface area contributed by atoms with E-state index in [0.717, 1.165) is 10.7 Å². The first kappa shape index (κ1) is 13.9. The first-order valence-corrected chi connectivity index (χ1v) is 5.76. The molecule has 0 aliphatic carbocycles. The normalized spacial score (nSPS) is 10.3. The fourth-order valence-electron chi connectivity index (χ4n) is 1.51. The number of hydrogen-bond acceptors (Lipinski definition) is 4. The van der Waals surface area contributed by atoms with E-state index < -0.39 is 22.5 Å². The van der Waals surface area contributed by atoms with Crippen molar-refractivity contribution in [3.63, 3.8) is 0 Å². The Morgan fingerprint density at radius 2 is 2.30 bits per heavy atom. The van der Waals surface area contributed by atoms with Gasteiger partial charge in [0.2, 0.25) is 5.91 Å². The molecular weight excluding hydrogens is 291 g/mol. The fourth-order valence-corrected chi connectivity index (χ4v) is 1.72. The Balaban J connectivity index is 2.05. The number of nitrogens with one attached hydrogen (secondary N) is 1. The van der Waals surface area contributed by atoms with Gasteiger partial charge >= 0.3 is 5.82 Å². The summed E-state index contributed by atoms with van der Waals surface area (Å²) in [4.78, 5) is 21.5. The Bertz CT molecular complexity index is 673. The second-order valence-electron chi connectivity index (χ2n) is 3.81. The number of halogens is 2. The lowest BCUT2D eigenvalue weighted by molar-refractivity contribution is -0.389. The molecule has 7 nitrogen and oxygen atoms in total. The highest BCUT2D eigenvalue weighted by molar-refractivity contribution is 6.32. The van der Waals surface area contributed by atoms with Crippen molar-refractivity contribution in [3.05, 3.63) is 51.4 Å². The summed E-state index contributed by atoms with van der Waals surface area (Å²) in [5.74, 6) is -1.52. The lowest BCUT2D eigenvalue weighted by Gasteiger charge is -2.03. The third-order valence-electron chi connectivity index (χ3n) is 2.29. The molecule has 9 heteroatoms. The van der Waals surface area contributed by atoms with Gasteiger partial charge in [0.1, 0.15) is 12.4 Å². The standard InChI is InChI=1S/C11H8ClFN4O3/c12-9-5-16(15-11(9)17(19)20)6-10(18)14-8-3-1-2-7(13)4-8/h1-5H,6H2,(H,14,18). The van der Waals surface area contributed by atoms with Crippen LogP contribution in [0.4, 0.5) is 15.9 Å². The fraction of sp³-hybridized carbons (Fsp3) is 0.0909. The Kier molecular flexibility index (Phi) is 3.94. The van der Waals surface area contributed by atoms with Crippen molar-refractivity contribution in [2.45, 2.75) is 6.54 Å². The van der Waals surface area contributed by atoms with Gasteiger partial charge in [0.05, 0.1) is 11.3 Å². The number of aromatic nitrogens is 2. The van der Waals surface area contributed by atoms with Gasteiger partial charge in [0, 0.05) is 5.69 Å². The second-order valence-corrected chi connectivity index (χ2v) is 4.22. The molecule has 1 aromatic carbocycles. The molecule has 0 unspecified atom stereocenters. The van der Waals surface area contributed by atoms with Crippen molar-refractivity contribution in [3.8, 4) is 0 Å². The lowest BCUT2D eigenvalue weighted by atomic mass is 10.3. The Hall–Kier alpha value is -2.48. The second kappa shape index (κ2) is 5.66. The maximum absolute atomic E-state index is 12.9. The van der Waals surface area contributed by atoms with E-state index in [1.165, 1.54) is 24.4 Å². The molecule has 1 aromatic heterocycles. The van der Waals surface area contributed by atoms with Crippen molar-refractivity contribution in [2.75, 3.05) is 5.32 Å². The van der Waals surface area contributed by atoms with E-state index in [1.807, 2.05) is 0 Å². The quantitative estimate of drug-likeness (QED) is 0.692. The molecule has 0 radical (unpaired) electrons. The summed E-state index contributed by atoms with van der Waals surface area (Å²) in [5, 5.41) is 16.4. The van der Waals surface area contributed by atoms with Gasteiger partial charge in [-0.05, 0) is 23.1 Å². The number of rotatable bonds is 4. The van der Waals surface area contributed by atoms with Crippen LogP contribution >= 0.6 is 11.6 Å². The predicted octanol–water partition coefficient (Wildman–Crippen LogP) is 2.22. The van der Waals surface area contributed by atoms with Crippen molar-refractivity contribution in [1.82, 2.24) is 9.78 Å². The van der Waals surface area contributed by atoms with Crippen LogP contribution in [0.3, 0.4) is 0 Å². The molecule has 1 amide bonds. The summed E-state index contributed by atoms with van der Waals surface area (Å²) in [6, 6.07) is 5.35.